The van der Waals surface area contributed by atoms with E-state index in [1.165, 1.54) is 10.9 Å². The first kappa shape index (κ1) is 21.3. The van der Waals surface area contributed by atoms with Crippen LogP contribution in [0.5, 0.6) is 0 Å². The minimum Gasteiger partial charge on any atom is -0.445 e. The summed E-state index contributed by atoms with van der Waals surface area (Å²) in [7, 11) is 0. The van der Waals surface area contributed by atoms with Gasteiger partial charge in [0, 0.05) is 44.8 Å². The van der Waals surface area contributed by atoms with Crippen molar-refractivity contribution in [3.05, 3.63) is 35.9 Å². The number of anilines is 1. The number of piperazine rings is 1. The number of alkyl halides is 3. The second kappa shape index (κ2) is 8.55. The maximum absolute atomic E-state index is 12.7. The minimum absolute atomic E-state index is 0.186. The molecule has 0 aromatic carbocycles. The van der Waals surface area contributed by atoms with Crippen LogP contribution in [-0.4, -0.2) is 68.9 Å². The van der Waals surface area contributed by atoms with Gasteiger partial charge in [-0.2, -0.15) is 18.3 Å². The molecule has 1 atom stereocenters. The van der Waals surface area contributed by atoms with Crippen LogP contribution in [0.1, 0.15) is 22.8 Å². The number of amides is 2. The van der Waals surface area contributed by atoms with Crippen molar-refractivity contribution < 1.29 is 27.5 Å². The molecule has 0 saturated carbocycles. The summed E-state index contributed by atoms with van der Waals surface area (Å²) in [4.78, 5) is 34.3. The van der Waals surface area contributed by atoms with E-state index in [1.807, 2.05) is 0 Å². The smallest absolute Gasteiger partial charge is 0.419 e. The fraction of sp³-hybridized carbons (Fsp3) is 0.471. The van der Waals surface area contributed by atoms with Gasteiger partial charge in [0.1, 0.15) is 6.10 Å². The maximum atomic E-state index is 12.7. The van der Waals surface area contributed by atoms with Crippen molar-refractivity contribution in [1.82, 2.24) is 24.6 Å². The van der Waals surface area contributed by atoms with Gasteiger partial charge in [0.25, 0.3) is 5.91 Å². The van der Waals surface area contributed by atoms with Crippen molar-refractivity contribution in [3.63, 3.8) is 0 Å². The Bertz CT molecular complexity index is 893. The molecule has 0 aliphatic carbocycles. The number of halogens is 3. The lowest BCUT2D eigenvalue weighted by Gasteiger charge is -2.34. The first-order chi connectivity index (χ1) is 14.1. The highest BCUT2D eigenvalue weighted by Crippen LogP contribution is 2.28. The van der Waals surface area contributed by atoms with Crippen molar-refractivity contribution in [2.75, 3.05) is 31.1 Å². The monoisotopic (exact) mass is 427 g/mol. The molecule has 2 N–H and O–H groups in total. The molecule has 162 valence electrons. The molecule has 10 nitrogen and oxygen atoms in total. The molecule has 2 aromatic rings. The van der Waals surface area contributed by atoms with E-state index in [9.17, 15) is 22.8 Å². The van der Waals surface area contributed by atoms with Crippen LogP contribution in [0, 0.1) is 0 Å². The van der Waals surface area contributed by atoms with Gasteiger partial charge in [-0.05, 0) is 6.92 Å². The highest BCUT2D eigenvalue weighted by molar-refractivity contribution is 5.93. The van der Waals surface area contributed by atoms with Crippen LogP contribution in [0.4, 0.5) is 23.9 Å². The lowest BCUT2D eigenvalue weighted by atomic mass is 10.2. The van der Waals surface area contributed by atoms with Gasteiger partial charge >= 0.3 is 12.3 Å². The predicted octanol–water partition coefficient (Wildman–Crippen LogP) is 1.14. The molecule has 30 heavy (non-hydrogen) atoms. The molecule has 0 spiro atoms. The number of ether oxygens (including phenoxy) is 1. The quantitative estimate of drug-likeness (QED) is 0.760. The number of rotatable bonds is 5. The predicted molar refractivity (Wildman–Crippen MR) is 97.5 cm³/mol. The Morgan fingerprint density at radius 1 is 1.17 bits per heavy atom. The average molecular weight is 427 g/mol. The van der Waals surface area contributed by atoms with E-state index in [-0.39, 0.29) is 18.4 Å². The number of hydrogen-bond donors (Lipinski definition) is 1. The van der Waals surface area contributed by atoms with E-state index < -0.39 is 23.9 Å². The molecular formula is C17H20F3N7O3. The second-order valence-corrected chi connectivity index (χ2v) is 6.75. The standard InChI is InChI=1S/C17H20F3N7O3/c1-11(30-15(21)29)9-27-10-12(6-24-27)14(28)25-2-4-26(5-3-25)16-22-7-13(8-23-16)17(18,19)20/h6-8,10-11H,2-5,9H2,1H3,(H2,21,29)/t11-/m0/s1. The number of primary amides is 1. The van der Waals surface area contributed by atoms with Crippen LogP contribution < -0.4 is 10.6 Å². The number of carbonyl (C=O) groups excluding carboxylic acids is 2. The largest absolute Gasteiger partial charge is 0.445 e. The van der Waals surface area contributed by atoms with Gasteiger partial charge in [0.05, 0.1) is 23.9 Å². The SMILES string of the molecule is C[C@@H](Cn1cc(C(=O)N2CCN(c3ncc(C(F)(F)F)cn3)CC2)cn1)OC(N)=O. The van der Waals surface area contributed by atoms with Crippen molar-refractivity contribution in [2.24, 2.45) is 5.73 Å². The van der Waals surface area contributed by atoms with E-state index in [4.69, 9.17) is 10.5 Å². The van der Waals surface area contributed by atoms with Crippen molar-refractivity contribution >= 4 is 17.9 Å². The zero-order valence-corrected chi connectivity index (χ0v) is 16.0. The minimum atomic E-state index is -4.49. The molecule has 3 rings (SSSR count). The van der Waals surface area contributed by atoms with E-state index in [0.717, 1.165) is 12.4 Å². The number of carbonyl (C=O) groups is 2. The summed E-state index contributed by atoms with van der Waals surface area (Å²) in [6.07, 6.45) is -1.41. The molecule has 0 bridgehead atoms. The van der Waals surface area contributed by atoms with Crippen molar-refractivity contribution in [2.45, 2.75) is 25.7 Å². The maximum Gasteiger partial charge on any atom is 0.419 e. The van der Waals surface area contributed by atoms with Gasteiger partial charge in [-0.15, -0.1) is 0 Å². The second-order valence-electron chi connectivity index (χ2n) is 6.75. The third-order valence-electron chi connectivity index (χ3n) is 4.46. The fourth-order valence-corrected chi connectivity index (χ4v) is 3.00. The molecule has 1 aliphatic heterocycles. The van der Waals surface area contributed by atoms with E-state index in [2.05, 4.69) is 15.1 Å². The lowest BCUT2D eigenvalue weighted by molar-refractivity contribution is -0.138. The molecule has 2 amide bonds. The summed E-state index contributed by atoms with van der Waals surface area (Å²) in [6, 6.07) is 0. The van der Waals surface area contributed by atoms with Gasteiger partial charge in [-0.1, -0.05) is 0 Å². The summed E-state index contributed by atoms with van der Waals surface area (Å²) in [5.41, 5.74) is 4.43. The highest BCUT2D eigenvalue weighted by Gasteiger charge is 2.32. The van der Waals surface area contributed by atoms with Gasteiger partial charge in [0.15, 0.2) is 0 Å². The first-order valence-corrected chi connectivity index (χ1v) is 9.05. The number of aromatic nitrogens is 4. The van der Waals surface area contributed by atoms with E-state index in [1.54, 1.807) is 22.9 Å². The first-order valence-electron chi connectivity index (χ1n) is 9.05. The van der Waals surface area contributed by atoms with Gasteiger partial charge in [-0.3, -0.25) is 9.48 Å². The Morgan fingerprint density at radius 3 is 2.37 bits per heavy atom. The molecule has 2 aromatic heterocycles. The van der Waals surface area contributed by atoms with E-state index >= 15 is 0 Å². The molecule has 0 radical (unpaired) electrons. The molecule has 3 heterocycles. The molecule has 1 fully saturated rings. The zero-order valence-electron chi connectivity index (χ0n) is 16.0. The van der Waals surface area contributed by atoms with Crippen LogP contribution in [0.15, 0.2) is 24.8 Å². The van der Waals surface area contributed by atoms with Gasteiger partial charge < -0.3 is 20.3 Å². The third-order valence-corrected chi connectivity index (χ3v) is 4.46. The Hall–Kier alpha value is -3.38. The topological polar surface area (TPSA) is 119 Å². The van der Waals surface area contributed by atoms with Crippen LogP contribution in [0.3, 0.4) is 0 Å². The normalized spacial score (nSPS) is 15.7. The Labute approximate surface area is 169 Å². The third kappa shape index (κ3) is 5.15. The zero-order chi connectivity index (χ0) is 21.9. The summed E-state index contributed by atoms with van der Waals surface area (Å²) in [6.45, 7) is 3.38. The Morgan fingerprint density at radius 2 is 1.80 bits per heavy atom. The Balaban J connectivity index is 1.55. The number of nitrogens with zero attached hydrogens (tertiary/aromatic N) is 6. The van der Waals surface area contributed by atoms with Gasteiger partial charge in [0.2, 0.25) is 5.95 Å². The molecule has 1 aliphatic rings. The lowest BCUT2D eigenvalue weighted by Crippen LogP contribution is -2.49. The summed E-state index contributed by atoms with van der Waals surface area (Å²) in [5, 5.41) is 4.08. The average Bonchev–Trinajstić information content (AvgIpc) is 3.14. The Kier molecular flexibility index (Phi) is 6.08. The summed E-state index contributed by atoms with van der Waals surface area (Å²) < 4.78 is 44.2. The summed E-state index contributed by atoms with van der Waals surface area (Å²) >= 11 is 0. The molecule has 0 unspecified atom stereocenters. The molecule has 1 saturated heterocycles. The molecular weight excluding hydrogens is 407 g/mol. The summed E-state index contributed by atoms with van der Waals surface area (Å²) in [5.74, 6) is -0.0379. The fourth-order valence-electron chi connectivity index (χ4n) is 3.00. The van der Waals surface area contributed by atoms with E-state index in [0.29, 0.717) is 31.7 Å². The van der Waals surface area contributed by atoms with Crippen LogP contribution in [0.25, 0.3) is 0 Å². The number of nitrogens with two attached hydrogens (primary N) is 1. The van der Waals surface area contributed by atoms with Crippen molar-refractivity contribution in [3.8, 4) is 0 Å². The highest BCUT2D eigenvalue weighted by atomic mass is 19.4. The number of hydrogen-bond acceptors (Lipinski definition) is 7. The van der Waals surface area contributed by atoms with Gasteiger partial charge in [-0.25, -0.2) is 14.8 Å². The molecule has 13 heteroatoms. The van der Waals surface area contributed by atoms with Crippen molar-refractivity contribution in [1.29, 1.82) is 0 Å². The van der Waals surface area contributed by atoms with Crippen LogP contribution in [0.2, 0.25) is 0 Å². The van der Waals surface area contributed by atoms with Crippen LogP contribution >= 0.6 is 0 Å². The van der Waals surface area contributed by atoms with Crippen LogP contribution in [-0.2, 0) is 17.5 Å².